The largest absolute Gasteiger partial charge is 0.455 e. The first-order chi connectivity index (χ1) is 10.4. The summed E-state index contributed by atoms with van der Waals surface area (Å²) in [6.45, 7) is 3.49. The Balaban J connectivity index is 2.32. The van der Waals surface area contributed by atoms with Crippen LogP contribution < -0.4 is 11.2 Å². The van der Waals surface area contributed by atoms with Gasteiger partial charge in [-0.1, -0.05) is 0 Å². The van der Waals surface area contributed by atoms with Gasteiger partial charge in [-0.05, 0) is 37.6 Å². The average Bonchev–Trinajstić information content (AvgIpc) is 2.89. The Hall–Kier alpha value is -3.16. The number of carbonyl (C=O) groups is 1. The monoisotopic (exact) mass is 302 g/mol. The highest BCUT2D eigenvalue weighted by Gasteiger charge is 2.16. The summed E-state index contributed by atoms with van der Waals surface area (Å²) in [4.78, 5) is 21.0. The van der Waals surface area contributed by atoms with Gasteiger partial charge in [0.25, 0.3) is 5.69 Å². The standard InChI is InChI=1S/C14H14N4O4/c1-8-9(2)12(18(20)21)5-4-11(8)13-6-3-10(22-13)7-16-17-14(15)19/h3-7H,1-2H3,(H3,15,17,19)/b16-7+. The third kappa shape index (κ3) is 3.11. The second-order valence-corrected chi connectivity index (χ2v) is 4.58. The molecule has 0 aliphatic carbocycles. The van der Waals surface area contributed by atoms with E-state index in [1.807, 2.05) is 0 Å². The summed E-state index contributed by atoms with van der Waals surface area (Å²) in [6.07, 6.45) is 1.31. The molecule has 0 aliphatic heterocycles. The van der Waals surface area contributed by atoms with E-state index in [-0.39, 0.29) is 5.69 Å². The van der Waals surface area contributed by atoms with E-state index in [9.17, 15) is 14.9 Å². The zero-order chi connectivity index (χ0) is 16.3. The second-order valence-electron chi connectivity index (χ2n) is 4.58. The molecule has 0 fully saturated rings. The smallest absolute Gasteiger partial charge is 0.332 e. The Morgan fingerprint density at radius 1 is 1.32 bits per heavy atom. The normalized spacial score (nSPS) is 10.8. The van der Waals surface area contributed by atoms with E-state index in [1.54, 1.807) is 32.0 Å². The minimum Gasteiger partial charge on any atom is -0.455 e. The van der Waals surface area contributed by atoms with Gasteiger partial charge in [0.15, 0.2) is 0 Å². The van der Waals surface area contributed by atoms with E-state index in [1.165, 1.54) is 12.3 Å². The molecule has 3 N–H and O–H groups in total. The molecular weight excluding hydrogens is 288 g/mol. The van der Waals surface area contributed by atoms with Crippen molar-refractivity contribution >= 4 is 17.9 Å². The van der Waals surface area contributed by atoms with Gasteiger partial charge < -0.3 is 10.2 Å². The number of nitrogens with two attached hydrogens (primary N) is 1. The Morgan fingerprint density at radius 2 is 2.05 bits per heavy atom. The van der Waals surface area contributed by atoms with Gasteiger partial charge in [-0.3, -0.25) is 10.1 Å². The lowest BCUT2D eigenvalue weighted by Gasteiger charge is -2.06. The van der Waals surface area contributed by atoms with Crippen LogP contribution in [0.2, 0.25) is 0 Å². The van der Waals surface area contributed by atoms with E-state index < -0.39 is 11.0 Å². The van der Waals surface area contributed by atoms with Crippen LogP contribution in [0, 0.1) is 24.0 Å². The summed E-state index contributed by atoms with van der Waals surface area (Å²) in [5, 5.41) is 14.5. The van der Waals surface area contributed by atoms with Crippen LogP contribution in [0.5, 0.6) is 0 Å². The molecule has 0 atom stereocenters. The summed E-state index contributed by atoms with van der Waals surface area (Å²) in [6, 6.07) is 5.70. The number of nitro groups is 1. The maximum absolute atomic E-state index is 10.9. The molecule has 8 nitrogen and oxygen atoms in total. The molecule has 0 unspecified atom stereocenters. The van der Waals surface area contributed by atoms with Crippen LogP contribution in [-0.4, -0.2) is 17.2 Å². The number of benzene rings is 1. The van der Waals surface area contributed by atoms with E-state index in [4.69, 9.17) is 10.2 Å². The van der Waals surface area contributed by atoms with Gasteiger partial charge in [-0.25, -0.2) is 10.2 Å². The lowest BCUT2D eigenvalue weighted by molar-refractivity contribution is -0.385. The molecule has 0 radical (unpaired) electrons. The second kappa shape index (κ2) is 6.08. The molecular formula is C14H14N4O4. The fourth-order valence-corrected chi connectivity index (χ4v) is 2.00. The first-order valence-corrected chi connectivity index (χ1v) is 6.33. The van der Waals surface area contributed by atoms with Crippen molar-refractivity contribution in [2.45, 2.75) is 13.8 Å². The zero-order valence-corrected chi connectivity index (χ0v) is 12.0. The fraction of sp³-hybridized carbons (Fsp3) is 0.143. The molecule has 8 heteroatoms. The molecule has 1 aromatic heterocycles. The number of urea groups is 1. The number of carbonyl (C=O) groups excluding carboxylic acids is 1. The quantitative estimate of drug-likeness (QED) is 0.511. The van der Waals surface area contributed by atoms with Crippen LogP contribution in [0.15, 0.2) is 33.8 Å². The maximum Gasteiger partial charge on any atom is 0.332 e. The molecule has 0 saturated carbocycles. The summed E-state index contributed by atoms with van der Waals surface area (Å²) in [5.41, 5.74) is 9.11. The summed E-state index contributed by atoms with van der Waals surface area (Å²) >= 11 is 0. The molecule has 22 heavy (non-hydrogen) atoms. The van der Waals surface area contributed by atoms with Crippen LogP contribution in [0.3, 0.4) is 0 Å². The predicted molar refractivity (Wildman–Crippen MR) is 80.6 cm³/mol. The van der Waals surface area contributed by atoms with Gasteiger partial charge in [-0.15, -0.1) is 0 Å². The Bertz CT molecular complexity index is 764. The first kappa shape index (κ1) is 15.2. The SMILES string of the molecule is Cc1c(-c2ccc(/C=N/NC(N)=O)o2)ccc([N+](=O)[O-])c1C. The predicted octanol–water partition coefficient (Wildman–Crippen LogP) is 2.47. The van der Waals surface area contributed by atoms with Gasteiger partial charge in [0.1, 0.15) is 11.5 Å². The average molecular weight is 302 g/mol. The molecule has 2 amide bonds. The number of hydrogen-bond acceptors (Lipinski definition) is 5. The molecule has 2 rings (SSSR count). The molecule has 0 aliphatic rings. The number of furan rings is 1. The van der Waals surface area contributed by atoms with Crippen molar-refractivity contribution < 1.29 is 14.1 Å². The first-order valence-electron chi connectivity index (χ1n) is 6.33. The number of nitro benzene ring substituents is 1. The summed E-state index contributed by atoms with van der Waals surface area (Å²) < 4.78 is 5.58. The highest BCUT2D eigenvalue weighted by Crippen LogP contribution is 2.31. The number of nitrogens with zero attached hydrogens (tertiary/aromatic N) is 2. The van der Waals surface area contributed by atoms with Crippen molar-refractivity contribution in [3.63, 3.8) is 0 Å². The minimum atomic E-state index is -0.773. The van der Waals surface area contributed by atoms with Gasteiger partial charge in [0.05, 0.1) is 11.1 Å². The van der Waals surface area contributed by atoms with Crippen LogP contribution >= 0.6 is 0 Å². The van der Waals surface area contributed by atoms with E-state index in [2.05, 4.69) is 10.5 Å². The van der Waals surface area contributed by atoms with Crippen molar-refractivity contribution in [3.05, 3.63) is 51.3 Å². The molecule has 0 saturated heterocycles. The Kier molecular flexibility index (Phi) is 4.21. The highest BCUT2D eigenvalue weighted by atomic mass is 16.6. The highest BCUT2D eigenvalue weighted by molar-refractivity contribution is 5.80. The van der Waals surface area contributed by atoms with Gasteiger partial charge in [0.2, 0.25) is 0 Å². The third-order valence-corrected chi connectivity index (χ3v) is 3.21. The molecule has 0 spiro atoms. The van der Waals surface area contributed by atoms with Crippen LogP contribution in [0.25, 0.3) is 11.3 Å². The maximum atomic E-state index is 10.9. The summed E-state index contributed by atoms with van der Waals surface area (Å²) in [5.74, 6) is 0.968. The number of hydrazone groups is 1. The summed E-state index contributed by atoms with van der Waals surface area (Å²) in [7, 11) is 0. The molecule has 1 aromatic carbocycles. The Labute approximate surface area is 125 Å². The van der Waals surface area contributed by atoms with Gasteiger partial charge >= 0.3 is 6.03 Å². The zero-order valence-electron chi connectivity index (χ0n) is 12.0. The molecule has 1 heterocycles. The van der Waals surface area contributed by atoms with Crippen LogP contribution in [-0.2, 0) is 0 Å². The number of amides is 2. The van der Waals surface area contributed by atoms with Crippen molar-refractivity contribution in [3.8, 4) is 11.3 Å². The van der Waals surface area contributed by atoms with Crippen molar-refractivity contribution in [2.75, 3.05) is 0 Å². The third-order valence-electron chi connectivity index (χ3n) is 3.21. The lowest BCUT2D eigenvalue weighted by atomic mass is 10.00. The number of primary amides is 1. The van der Waals surface area contributed by atoms with Crippen LogP contribution in [0.1, 0.15) is 16.9 Å². The topological polar surface area (TPSA) is 124 Å². The lowest BCUT2D eigenvalue weighted by Crippen LogP contribution is -2.24. The molecule has 2 aromatic rings. The number of nitrogens with one attached hydrogen (secondary N) is 1. The minimum absolute atomic E-state index is 0.0697. The number of rotatable bonds is 4. The van der Waals surface area contributed by atoms with Gasteiger partial charge in [0, 0.05) is 17.2 Å². The van der Waals surface area contributed by atoms with Crippen LogP contribution in [0.4, 0.5) is 10.5 Å². The van der Waals surface area contributed by atoms with Crippen molar-refractivity contribution in [2.24, 2.45) is 10.8 Å². The Morgan fingerprint density at radius 3 is 2.68 bits per heavy atom. The fourth-order valence-electron chi connectivity index (χ4n) is 2.00. The van der Waals surface area contributed by atoms with E-state index in [0.717, 1.165) is 11.1 Å². The van der Waals surface area contributed by atoms with E-state index >= 15 is 0 Å². The molecule has 114 valence electrons. The molecule has 0 bridgehead atoms. The van der Waals surface area contributed by atoms with E-state index in [0.29, 0.717) is 17.1 Å². The number of hydrogen-bond donors (Lipinski definition) is 2. The van der Waals surface area contributed by atoms with Gasteiger partial charge in [-0.2, -0.15) is 5.10 Å². The van der Waals surface area contributed by atoms with Crippen molar-refractivity contribution in [1.29, 1.82) is 0 Å². The van der Waals surface area contributed by atoms with Crippen molar-refractivity contribution in [1.82, 2.24) is 5.43 Å².